The molecule has 5 aliphatic carbocycles. The monoisotopic (exact) mass is 504 g/mol. The lowest BCUT2D eigenvalue weighted by molar-refractivity contribution is -0.287. The first-order chi connectivity index (χ1) is 16.7. The molecule has 4 fully saturated rings. The maximum absolute atomic E-state index is 12.8. The third kappa shape index (κ3) is 2.85. The number of allylic oxidation sites excluding steroid dienone is 2. The normalized spacial score (nSPS) is 58.6. The zero-order chi connectivity index (χ0) is 26.6. The average Bonchev–Trinajstić information content (AvgIpc) is 2.84. The molecule has 4 saturated carbocycles. The molecule has 6 heteroatoms. The van der Waals surface area contributed by atoms with E-state index in [1.54, 1.807) is 0 Å². The highest BCUT2D eigenvalue weighted by atomic mass is 16.4. The third-order valence-corrected chi connectivity index (χ3v) is 13.7. The molecule has 0 amide bonds. The Hall–Kier alpha value is -0.950. The number of aliphatic hydroxyl groups is 4. The summed E-state index contributed by atoms with van der Waals surface area (Å²) in [5.74, 6) is 0.0710. The van der Waals surface area contributed by atoms with Gasteiger partial charge in [0.1, 0.15) is 6.10 Å². The van der Waals surface area contributed by atoms with E-state index in [1.807, 2.05) is 6.92 Å². The van der Waals surface area contributed by atoms with E-state index in [4.69, 9.17) is 0 Å². The van der Waals surface area contributed by atoms with Gasteiger partial charge in [0.05, 0.1) is 24.2 Å². The Morgan fingerprint density at radius 1 is 0.944 bits per heavy atom. The highest BCUT2D eigenvalue weighted by Gasteiger charge is 2.72. The number of hydrogen-bond acceptors (Lipinski definition) is 5. The van der Waals surface area contributed by atoms with Crippen LogP contribution in [0.4, 0.5) is 0 Å². The van der Waals surface area contributed by atoms with E-state index in [1.165, 1.54) is 5.57 Å². The van der Waals surface area contributed by atoms with Crippen LogP contribution in [0, 0.1) is 56.7 Å². The van der Waals surface area contributed by atoms with E-state index < -0.39 is 40.5 Å². The lowest BCUT2D eigenvalue weighted by Crippen LogP contribution is -2.73. The van der Waals surface area contributed by atoms with E-state index >= 15 is 0 Å². The van der Waals surface area contributed by atoms with E-state index in [-0.39, 0.29) is 35.2 Å². The summed E-state index contributed by atoms with van der Waals surface area (Å²) >= 11 is 0. The van der Waals surface area contributed by atoms with Gasteiger partial charge in [-0.25, -0.2) is 0 Å². The molecule has 0 unspecified atom stereocenters. The van der Waals surface area contributed by atoms with Gasteiger partial charge >= 0.3 is 5.97 Å². The average molecular weight is 505 g/mol. The number of aliphatic carboxylic acids is 1. The van der Waals surface area contributed by atoms with Crippen molar-refractivity contribution < 1.29 is 30.3 Å². The van der Waals surface area contributed by atoms with Gasteiger partial charge in [0.15, 0.2) is 0 Å². The van der Waals surface area contributed by atoms with Gasteiger partial charge in [-0.2, -0.15) is 0 Å². The van der Waals surface area contributed by atoms with E-state index in [0.29, 0.717) is 18.3 Å². The molecule has 0 spiro atoms. The quantitative estimate of drug-likeness (QED) is 0.363. The van der Waals surface area contributed by atoms with Gasteiger partial charge in [-0.3, -0.25) is 4.79 Å². The number of carbonyl (C=O) groups is 1. The second kappa shape index (κ2) is 8.03. The van der Waals surface area contributed by atoms with E-state index in [0.717, 1.165) is 38.5 Å². The van der Waals surface area contributed by atoms with Crippen molar-refractivity contribution in [1.82, 2.24) is 0 Å². The highest BCUT2D eigenvalue weighted by Crippen LogP contribution is 2.75. The van der Waals surface area contributed by atoms with Crippen LogP contribution in [0.3, 0.4) is 0 Å². The van der Waals surface area contributed by atoms with Crippen LogP contribution in [0.2, 0.25) is 0 Å². The van der Waals surface area contributed by atoms with Gasteiger partial charge in [0.25, 0.3) is 0 Å². The fraction of sp³-hybridized carbons (Fsp3) is 0.900. The van der Waals surface area contributed by atoms with Crippen molar-refractivity contribution in [1.29, 1.82) is 0 Å². The summed E-state index contributed by atoms with van der Waals surface area (Å²) in [6.07, 6.45) is 4.32. The molecule has 5 rings (SSSR count). The minimum absolute atomic E-state index is 0.0206. The van der Waals surface area contributed by atoms with Crippen molar-refractivity contribution in [3.63, 3.8) is 0 Å². The summed E-state index contributed by atoms with van der Waals surface area (Å²) in [5.41, 5.74) is -1.32. The molecule has 0 aromatic heterocycles. The van der Waals surface area contributed by atoms with Crippen LogP contribution in [0.25, 0.3) is 0 Å². The molecule has 0 radical (unpaired) electrons. The van der Waals surface area contributed by atoms with Crippen LogP contribution < -0.4 is 0 Å². The van der Waals surface area contributed by atoms with Gasteiger partial charge < -0.3 is 25.5 Å². The van der Waals surface area contributed by atoms with Gasteiger partial charge in [0, 0.05) is 10.8 Å². The van der Waals surface area contributed by atoms with Gasteiger partial charge in [-0.15, -0.1) is 0 Å². The summed E-state index contributed by atoms with van der Waals surface area (Å²) in [4.78, 5) is 12.8. The zero-order valence-corrected chi connectivity index (χ0v) is 23.0. The molecular formula is C30H48O6. The van der Waals surface area contributed by atoms with Gasteiger partial charge in [-0.1, -0.05) is 53.2 Å². The van der Waals surface area contributed by atoms with Crippen molar-refractivity contribution in [2.75, 3.05) is 6.61 Å². The fourth-order valence-corrected chi connectivity index (χ4v) is 10.9. The topological polar surface area (TPSA) is 118 Å². The Morgan fingerprint density at radius 3 is 2.22 bits per heavy atom. The first-order valence-corrected chi connectivity index (χ1v) is 14.3. The largest absolute Gasteiger partial charge is 0.481 e. The molecule has 0 aliphatic heterocycles. The molecule has 0 aromatic rings. The Kier molecular flexibility index (Phi) is 5.95. The Bertz CT molecular complexity index is 963. The summed E-state index contributed by atoms with van der Waals surface area (Å²) in [5, 5.41) is 54.5. The molecule has 36 heavy (non-hydrogen) atoms. The number of rotatable bonds is 2. The number of carboxylic acids is 1. The molecule has 5 N–H and O–H groups in total. The molecule has 0 bridgehead atoms. The summed E-state index contributed by atoms with van der Waals surface area (Å²) in [7, 11) is 0. The first-order valence-electron chi connectivity index (χ1n) is 14.3. The van der Waals surface area contributed by atoms with Crippen LogP contribution >= 0.6 is 0 Å². The number of carboxylic acid groups (broad SMARTS) is 1. The Labute approximate surface area is 216 Å². The minimum atomic E-state index is -1.31. The summed E-state index contributed by atoms with van der Waals surface area (Å²) in [6.45, 7) is 12.9. The minimum Gasteiger partial charge on any atom is -0.481 e. The van der Waals surface area contributed by atoms with Crippen LogP contribution in [0.15, 0.2) is 11.6 Å². The second-order valence-electron chi connectivity index (χ2n) is 14.5. The standard InChI is InChI=1S/C30H48O6/c1-16-9-12-30(25(35)36)14-13-27(4)18(21(30)17(16)2)7-8-20-28(27,5)11-10-19-26(3,15-31)23(33)22(32)24(34)29(19,20)6/h7,16-17,19-24,31-34H,8-15H2,1-6H3,(H,35,36)/t16-,17+,19+,20-,21+,22+,23-,24-,26-,27-,28-,29+,30+/m1/s1. The molecule has 0 heterocycles. The SMILES string of the molecule is C[C@H]1[C@H](C)CC[C@]2(C(=O)O)CC[C@]3(C)C(=CC[C@H]4[C@@]5(C)[C@H](O)[C@@H](O)[C@@H](O)[C@](C)(CO)[C@@H]5CC[C@]43C)[C@H]12. The third-order valence-electron chi connectivity index (χ3n) is 13.7. The predicted octanol–water partition coefficient (Wildman–Crippen LogP) is 4.00. The molecular weight excluding hydrogens is 456 g/mol. The van der Waals surface area contributed by atoms with Crippen LogP contribution in [-0.4, -0.2) is 56.4 Å². The fourth-order valence-electron chi connectivity index (χ4n) is 10.9. The summed E-state index contributed by atoms with van der Waals surface area (Å²) < 4.78 is 0. The van der Waals surface area contributed by atoms with E-state index in [9.17, 15) is 30.3 Å². The Morgan fingerprint density at radius 2 is 1.61 bits per heavy atom. The molecule has 13 atom stereocenters. The number of hydrogen-bond donors (Lipinski definition) is 5. The molecule has 204 valence electrons. The lowest BCUT2D eigenvalue weighted by Gasteiger charge is -2.72. The molecule has 6 nitrogen and oxygen atoms in total. The van der Waals surface area contributed by atoms with Crippen LogP contribution in [-0.2, 0) is 4.79 Å². The van der Waals surface area contributed by atoms with Crippen molar-refractivity contribution in [3.05, 3.63) is 11.6 Å². The first kappa shape index (κ1) is 26.6. The smallest absolute Gasteiger partial charge is 0.310 e. The summed E-state index contributed by atoms with van der Waals surface area (Å²) in [6, 6.07) is 0. The second-order valence-corrected chi connectivity index (χ2v) is 14.5. The van der Waals surface area contributed by atoms with Crippen molar-refractivity contribution in [3.8, 4) is 0 Å². The predicted molar refractivity (Wildman–Crippen MR) is 137 cm³/mol. The van der Waals surface area contributed by atoms with Gasteiger partial charge in [0.2, 0.25) is 0 Å². The zero-order valence-electron chi connectivity index (χ0n) is 23.0. The van der Waals surface area contributed by atoms with Crippen LogP contribution in [0.5, 0.6) is 0 Å². The molecule has 5 aliphatic rings. The number of fused-ring (bicyclic) bond motifs is 7. The molecule has 0 aromatic carbocycles. The van der Waals surface area contributed by atoms with Crippen molar-refractivity contribution >= 4 is 5.97 Å². The number of aliphatic hydroxyl groups excluding tert-OH is 4. The van der Waals surface area contributed by atoms with Gasteiger partial charge in [-0.05, 0) is 85.4 Å². The lowest BCUT2D eigenvalue weighted by atomic mass is 9.32. The maximum atomic E-state index is 12.8. The Balaban J connectivity index is 1.65. The maximum Gasteiger partial charge on any atom is 0.310 e. The molecule has 0 saturated heterocycles. The van der Waals surface area contributed by atoms with E-state index in [2.05, 4.69) is 40.7 Å². The van der Waals surface area contributed by atoms with Crippen LogP contribution in [0.1, 0.15) is 86.5 Å². The van der Waals surface area contributed by atoms with Crippen molar-refractivity contribution in [2.24, 2.45) is 56.7 Å². The highest BCUT2D eigenvalue weighted by molar-refractivity contribution is 5.76. The van der Waals surface area contributed by atoms with Crippen molar-refractivity contribution in [2.45, 2.75) is 105 Å².